The fourth-order valence-electron chi connectivity index (χ4n) is 3.78. The molecule has 1 heterocycles. The molecule has 3 aromatic carbocycles. The number of para-hydroxylation sites is 1. The first-order valence-corrected chi connectivity index (χ1v) is 10.9. The van der Waals surface area contributed by atoms with Crippen LogP contribution < -0.4 is 5.43 Å². The van der Waals surface area contributed by atoms with E-state index in [9.17, 15) is 14.4 Å². The molecule has 0 spiro atoms. The second kappa shape index (κ2) is 9.75. The molecule has 0 aliphatic rings. The Bertz CT molecular complexity index is 1420. The van der Waals surface area contributed by atoms with Gasteiger partial charge >= 0.3 is 5.97 Å². The average Bonchev–Trinajstić information content (AvgIpc) is 2.86. The van der Waals surface area contributed by atoms with E-state index >= 15 is 0 Å². The van der Waals surface area contributed by atoms with E-state index < -0.39 is 12.6 Å². The summed E-state index contributed by atoms with van der Waals surface area (Å²) in [6, 6.07) is 21.8. The highest BCUT2D eigenvalue weighted by molar-refractivity contribution is 6.02. The van der Waals surface area contributed by atoms with Crippen molar-refractivity contribution in [1.29, 1.82) is 0 Å². The number of hydrogen-bond donors (Lipinski definition) is 0. The monoisotopic (exact) mass is 455 g/mol. The van der Waals surface area contributed by atoms with Crippen LogP contribution >= 0.6 is 0 Å². The van der Waals surface area contributed by atoms with Crippen LogP contribution in [0.3, 0.4) is 0 Å². The topological polar surface area (TPSA) is 76.8 Å². The minimum Gasteiger partial charge on any atom is -0.455 e. The summed E-state index contributed by atoms with van der Waals surface area (Å²) in [6.45, 7) is 3.67. The van der Waals surface area contributed by atoms with Crippen LogP contribution in [0.15, 0.2) is 82.0 Å². The lowest BCUT2D eigenvalue weighted by Gasteiger charge is -2.18. The molecule has 6 heteroatoms. The summed E-state index contributed by atoms with van der Waals surface area (Å²) < 4.78 is 11.4. The third-order valence-corrected chi connectivity index (χ3v) is 5.82. The minimum absolute atomic E-state index is 0.0983. The van der Waals surface area contributed by atoms with Crippen molar-refractivity contribution in [2.24, 2.45) is 0 Å². The summed E-state index contributed by atoms with van der Waals surface area (Å²) in [4.78, 5) is 39.9. The summed E-state index contributed by atoms with van der Waals surface area (Å²) in [5.74, 6) is -0.666. The Morgan fingerprint density at radius 1 is 0.912 bits per heavy atom. The van der Waals surface area contributed by atoms with E-state index in [1.807, 2.05) is 61.5 Å². The number of carbonyl (C=O) groups is 2. The molecule has 0 radical (unpaired) electrons. The van der Waals surface area contributed by atoms with E-state index in [0.717, 1.165) is 16.7 Å². The SMILES string of the molecule is Cc1ccccc1CN(C)C(=O)COC(=O)c1cccc2c(=O)c(C)c(-c3ccccc3)oc12. The number of benzene rings is 3. The molecule has 172 valence electrons. The van der Waals surface area contributed by atoms with Gasteiger partial charge in [-0.3, -0.25) is 9.59 Å². The van der Waals surface area contributed by atoms with Crippen molar-refractivity contribution < 1.29 is 18.7 Å². The van der Waals surface area contributed by atoms with E-state index in [0.29, 0.717) is 17.9 Å². The molecule has 6 nitrogen and oxygen atoms in total. The molecule has 0 N–H and O–H groups in total. The number of aryl methyl sites for hydroxylation is 1. The fourth-order valence-corrected chi connectivity index (χ4v) is 3.78. The Morgan fingerprint density at radius 2 is 1.62 bits per heavy atom. The summed E-state index contributed by atoms with van der Waals surface area (Å²) in [5, 5.41) is 0.287. The van der Waals surface area contributed by atoms with Gasteiger partial charge in [-0.15, -0.1) is 0 Å². The van der Waals surface area contributed by atoms with Gasteiger partial charge in [0.05, 0.1) is 5.39 Å². The third kappa shape index (κ3) is 4.62. The molecule has 0 unspecified atom stereocenters. The van der Waals surface area contributed by atoms with E-state index in [1.54, 1.807) is 26.1 Å². The van der Waals surface area contributed by atoms with Crippen molar-refractivity contribution in [3.05, 3.63) is 105 Å². The molecule has 1 aromatic heterocycles. The van der Waals surface area contributed by atoms with E-state index in [-0.39, 0.29) is 27.9 Å². The number of carbonyl (C=O) groups excluding carboxylic acids is 2. The van der Waals surface area contributed by atoms with Crippen molar-refractivity contribution in [2.45, 2.75) is 20.4 Å². The molecule has 0 saturated carbocycles. The minimum atomic E-state index is -0.728. The first-order chi connectivity index (χ1) is 16.4. The molecule has 1 amide bonds. The maximum absolute atomic E-state index is 13.0. The number of nitrogens with zero attached hydrogens (tertiary/aromatic N) is 1. The van der Waals surface area contributed by atoms with E-state index in [2.05, 4.69) is 0 Å². The van der Waals surface area contributed by atoms with Crippen LogP contribution in [-0.2, 0) is 16.1 Å². The number of rotatable bonds is 6. The molecule has 0 bridgehead atoms. The van der Waals surface area contributed by atoms with Gasteiger partial charge in [0.1, 0.15) is 11.3 Å². The number of esters is 1. The highest BCUT2D eigenvalue weighted by atomic mass is 16.5. The van der Waals surface area contributed by atoms with Gasteiger partial charge in [0.2, 0.25) is 0 Å². The molecular weight excluding hydrogens is 430 g/mol. The molecule has 0 aliphatic heterocycles. The molecule has 0 fully saturated rings. The van der Waals surface area contributed by atoms with Crippen LogP contribution in [0, 0.1) is 13.8 Å². The van der Waals surface area contributed by atoms with Crippen LogP contribution in [0.25, 0.3) is 22.3 Å². The summed E-state index contributed by atoms with van der Waals surface area (Å²) in [7, 11) is 1.66. The van der Waals surface area contributed by atoms with Crippen LogP contribution in [0.5, 0.6) is 0 Å². The van der Waals surface area contributed by atoms with Gasteiger partial charge in [-0.1, -0.05) is 60.7 Å². The van der Waals surface area contributed by atoms with Crippen LogP contribution in [0.2, 0.25) is 0 Å². The Labute approximate surface area is 197 Å². The fraction of sp³-hybridized carbons (Fsp3) is 0.179. The lowest BCUT2D eigenvalue weighted by Crippen LogP contribution is -2.31. The third-order valence-electron chi connectivity index (χ3n) is 5.82. The second-order valence-corrected chi connectivity index (χ2v) is 8.19. The zero-order valence-electron chi connectivity index (χ0n) is 19.3. The van der Waals surface area contributed by atoms with Gasteiger partial charge in [-0.25, -0.2) is 4.79 Å². The number of hydrogen-bond acceptors (Lipinski definition) is 5. The lowest BCUT2D eigenvalue weighted by molar-refractivity contribution is -0.133. The van der Waals surface area contributed by atoms with Gasteiger partial charge in [0.25, 0.3) is 5.91 Å². The zero-order chi connectivity index (χ0) is 24.2. The quantitative estimate of drug-likeness (QED) is 0.387. The van der Waals surface area contributed by atoms with E-state index in [1.165, 1.54) is 11.0 Å². The molecule has 0 atom stereocenters. The van der Waals surface area contributed by atoms with Crippen molar-refractivity contribution in [3.8, 4) is 11.3 Å². The summed E-state index contributed by atoms with van der Waals surface area (Å²) in [5.41, 5.74) is 3.30. The molecule has 4 rings (SSSR count). The molecule has 34 heavy (non-hydrogen) atoms. The standard InChI is InChI=1S/C28H25NO5/c1-18-10-7-8-13-21(18)16-29(3)24(30)17-33-28(32)23-15-9-14-22-25(31)19(2)26(34-27(22)23)20-11-5-4-6-12-20/h4-15H,16-17H2,1-3H3. The molecule has 0 saturated heterocycles. The Kier molecular flexibility index (Phi) is 6.59. The molecular formula is C28H25NO5. The smallest absolute Gasteiger partial charge is 0.342 e. The molecule has 4 aromatic rings. The van der Waals surface area contributed by atoms with Crippen molar-refractivity contribution in [1.82, 2.24) is 4.90 Å². The Morgan fingerprint density at radius 3 is 2.35 bits per heavy atom. The number of likely N-dealkylation sites (N-methyl/N-ethyl adjacent to an activating group) is 1. The predicted octanol–water partition coefficient (Wildman–Crippen LogP) is 4.89. The lowest BCUT2D eigenvalue weighted by atomic mass is 10.0. The highest BCUT2D eigenvalue weighted by Crippen LogP contribution is 2.27. The Hall–Kier alpha value is -4.19. The first-order valence-electron chi connectivity index (χ1n) is 10.9. The second-order valence-electron chi connectivity index (χ2n) is 8.19. The van der Waals surface area contributed by atoms with Crippen LogP contribution in [-0.4, -0.2) is 30.4 Å². The van der Waals surface area contributed by atoms with Gasteiger partial charge in [-0.2, -0.15) is 0 Å². The van der Waals surface area contributed by atoms with Crippen molar-refractivity contribution in [3.63, 3.8) is 0 Å². The summed E-state index contributed by atoms with van der Waals surface area (Å²) in [6.07, 6.45) is 0. The van der Waals surface area contributed by atoms with Crippen LogP contribution in [0.4, 0.5) is 0 Å². The van der Waals surface area contributed by atoms with Gasteiger partial charge < -0.3 is 14.1 Å². The van der Waals surface area contributed by atoms with E-state index in [4.69, 9.17) is 9.15 Å². The van der Waals surface area contributed by atoms with Gasteiger partial charge in [-0.05, 0) is 37.1 Å². The normalized spacial score (nSPS) is 10.8. The first kappa shape index (κ1) is 23.0. The number of fused-ring (bicyclic) bond motifs is 1. The zero-order valence-corrected chi connectivity index (χ0v) is 19.3. The largest absolute Gasteiger partial charge is 0.455 e. The van der Waals surface area contributed by atoms with Crippen molar-refractivity contribution in [2.75, 3.05) is 13.7 Å². The van der Waals surface area contributed by atoms with Gasteiger partial charge in [0.15, 0.2) is 17.6 Å². The predicted molar refractivity (Wildman–Crippen MR) is 131 cm³/mol. The van der Waals surface area contributed by atoms with Crippen LogP contribution in [0.1, 0.15) is 27.0 Å². The Balaban J connectivity index is 1.57. The average molecular weight is 456 g/mol. The maximum Gasteiger partial charge on any atom is 0.342 e. The van der Waals surface area contributed by atoms with Crippen molar-refractivity contribution >= 4 is 22.8 Å². The number of ether oxygens (including phenoxy) is 1. The highest BCUT2D eigenvalue weighted by Gasteiger charge is 2.21. The number of amides is 1. The van der Waals surface area contributed by atoms with Gasteiger partial charge in [0, 0.05) is 24.7 Å². The molecule has 0 aliphatic carbocycles. The maximum atomic E-state index is 13.0. The summed E-state index contributed by atoms with van der Waals surface area (Å²) >= 11 is 0.